The molecule has 0 spiro atoms. The number of hydrogen-bond acceptors (Lipinski definition) is 3. The molecule has 1 heterocycles. The van der Waals surface area contributed by atoms with Crippen molar-refractivity contribution in [3.63, 3.8) is 0 Å². The predicted molar refractivity (Wildman–Crippen MR) is 78.4 cm³/mol. The largest absolute Gasteiger partial charge is 0.310 e. The van der Waals surface area contributed by atoms with Crippen molar-refractivity contribution in [2.45, 2.75) is 42.3 Å². The number of hydrogen-bond donors (Lipinski definition) is 1. The lowest BCUT2D eigenvalue weighted by molar-refractivity contribution is 0.678. The van der Waals surface area contributed by atoms with Crippen LogP contribution in [0.15, 0.2) is 40.3 Å². The molecular formula is C15H19N3S. The molecule has 3 nitrogen and oxygen atoms in total. The van der Waals surface area contributed by atoms with E-state index >= 15 is 0 Å². The molecule has 1 aromatic heterocycles. The summed E-state index contributed by atoms with van der Waals surface area (Å²) in [5, 5.41) is 9.18. The third-order valence-electron chi connectivity index (χ3n) is 3.30. The van der Waals surface area contributed by atoms with Gasteiger partial charge in [0.25, 0.3) is 0 Å². The van der Waals surface area contributed by atoms with Crippen molar-refractivity contribution in [2.24, 2.45) is 7.05 Å². The van der Waals surface area contributed by atoms with Gasteiger partial charge in [0.05, 0.1) is 10.7 Å². The maximum atomic E-state index is 4.40. The summed E-state index contributed by atoms with van der Waals surface area (Å²) in [6.07, 6.45) is 2.66. The van der Waals surface area contributed by atoms with Crippen molar-refractivity contribution < 1.29 is 0 Å². The molecule has 1 aromatic carbocycles. The molecule has 1 N–H and O–H groups in total. The van der Waals surface area contributed by atoms with Gasteiger partial charge in [-0.25, -0.2) is 0 Å². The highest BCUT2D eigenvalue weighted by atomic mass is 32.2. The molecular weight excluding hydrogens is 254 g/mol. The molecule has 1 aliphatic rings. The zero-order valence-electron chi connectivity index (χ0n) is 11.4. The topological polar surface area (TPSA) is 29.9 Å². The Morgan fingerprint density at radius 3 is 2.84 bits per heavy atom. The van der Waals surface area contributed by atoms with Crippen LogP contribution in [0.4, 0.5) is 0 Å². The maximum absolute atomic E-state index is 4.40. The van der Waals surface area contributed by atoms with Gasteiger partial charge in [-0.3, -0.25) is 4.68 Å². The van der Waals surface area contributed by atoms with E-state index in [1.165, 1.54) is 28.3 Å². The van der Waals surface area contributed by atoms with E-state index in [9.17, 15) is 0 Å². The van der Waals surface area contributed by atoms with Crippen molar-refractivity contribution in [1.82, 2.24) is 15.1 Å². The minimum Gasteiger partial charge on any atom is -0.310 e. The molecule has 3 rings (SSSR count). The Hall–Kier alpha value is -1.26. The van der Waals surface area contributed by atoms with Gasteiger partial charge in [-0.05, 0) is 37.5 Å². The van der Waals surface area contributed by atoms with Gasteiger partial charge in [0, 0.05) is 24.5 Å². The van der Waals surface area contributed by atoms with Gasteiger partial charge in [-0.1, -0.05) is 30.0 Å². The van der Waals surface area contributed by atoms with Crippen molar-refractivity contribution in [3.05, 3.63) is 41.6 Å². The smallest absolute Gasteiger partial charge is 0.0987 e. The van der Waals surface area contributed by atoms with Crippen molar-refractivity contribution in [2.75, 3.05) is 0 Å². The zero-order valence-corrected chi connectivity index (χ0v) is 12.2. The van der Waals surface area contributed by atoms with E-state index < -0.39 is 0 Å². The third kappa shape index (κ3) is 3.19. The van der Waals surface area contributed by atoms with Gasteiger partial charge in [0.2, 0.25) is 0 Å². The number of nitrogens with zero attached hydrogens (tertiary/aromatic N) is 2. The molecule has 4 heteroatoms. The van der Waals surface area contributed by atoms with Crippen LogP contribution in [0, 0.1) is 6.92 Å². The second-order valence-corrected chi connectivity index (χ2v) is 6.17. The average Bonchev–Trinajstić information content (AvgIpc) is 3.15. The number of rotatable bonds is 5. The molecule has 100 valence electrons. The summed E-state index contributed by atoms with van der Waals surface area (Å²) in [7, 11) is 2.00. The van der Waals surface area contributed by atoms with E-state index in [4.69, 9.17) is 0 Å². The standard InChI is InChI=1S/C15H19N3S/c1-11-9-15(18(2)17-11)19-14-6-4-3-5-12(14)10-16-13-7-8-13/h3-6,9,13,16H,7-8,10H2,1-2H3. The number of aromatic nitrogens is 2. The van der Waals surface area contributed by atoms with Crippen LogP contribution in [-0.2, 0) is 13.6 Å². The molecule has 0 bridgehead atoms. The van der Waals surface area contributed by atoms with Crippen molar-refractivity contribution in [3.8, 4) is 0 Å². The monoisotopic (exact) mass is 273 g/mol. The number of nitrogens with one attached hydrogen (secondary N) is 1. The predicted octanol–water partition coefficient (Wildman–Crippen LogP) is 3.13. The highest BCUT2D eigenvalue weighted by Crippen LogP contribution is 2.31. The summed E-state index contributed by atoms with van der Waals surface area (Å²) in [5.41, 5.74) is 2.44. The normalized spacial score (nSPS) is 14.8. The van der Waals surface area contributed by atoms with Crippen molar-refractivity contribution in [1.29, 1.82) is 0 Å². The Morgan fingerprint density at radius 2 is 2.16 bits per heavy atom. The first-order chi connectivity index (χ1) is 9.22. The molecule has 0 radical (unpaired) electrons. The minimum absolute atomic E-state index is 0.747. The summed E-state index contributed by atoms with van der Waals surface area (Å²) in [5.74, 6) is 0. The molecule has 0 saturated heterocycles. The lowest BCUT2D eigenvalue weighted by atomic mass is 10.2. The first-order valence-corrected chi connectivity index (χ1v) is 7.54. The van der Waals surface area contributed by atoms with Crippen LogP contribution in [0.25, 0.3) is 0 Å². The van der Waals surface area contributed by atoms with Crippen LogP contribution in [-0.4, -0.2) is 15.8 Å². The summed E-state index contributed by atoms with van der Waals surface area (Å²) >= 11 is 1.79. The van der Waals surface area contributed by atoms with E-state index in [2.05, 4.69) is 40.7 Å². The molecule has 0 amide bonds. The second-order valence-electron chi connectivity index (χ2n) is 5.11. The van der Waals surface area contributed by atoms with Gasteiger partial charge in [0.1, 0.15) is 0 Å². The SMILES string of the molecule is Cc1cc(Sc2ccccc2CNC2CC2)n(C)n1. The van der Waals surface area contributed by atoms with Crippen LogP contribution in [0.2, 0.25) is 0 Å². The van der Waals surface area contributed by atoms with Crippen LogP contribution in [0.5, 0.6) is 0 Å². The van der Waals surface area contributed by atoms with E-state index in [0.29, 0.717) is 0 Å². The highest BCUT2D eigenvalue weighted by Gasteiger charge is 2.20. The van der Waals surface area contributed by atoms with E-state index in [1.807, 2.05) is 18.7 Å². The second kappa shape index (κ2) is 5.39. The lowest BCUT2D eigenvalue weighted by Gasteiger charge is -2.09. The van der Waals surface area contributed by atoms with Gasteiger partial charge >= 0.3 is 0 Å². The maximum Gasteiger partial charge on any atom is 0.0987 e. The molecule has 1 saturated carbocycles. The average molecular weight is 273 g/mol. The highest BCUT2D eigenvalue weighted by molar-refractivity contribution is 7.99. The Bertz CT molecular complexity index is 573. The van der Waals surface area contributed by atoms with Gasteiger partial charge in [-0.2, -0.15) is 5.10 Å². The summed E-state index contributed by atoms with van der Waals surface area (Å²) in [4.78, 5) is 1.32. The quantitative estimate of drug-likeness (QED) is 0.907. The van der Waals surface area contributed by atoms with Gasteiger partial charge in [0.15, 0.2) is 0 Å². The fraction of sp³-hybridized carbons (Fsp3) is 0.400. The Kier molecular flexibility index (Phi) is 3.62. The molecule has 0 aliphatic heterocycles. The summed E-state index contributed by atoms with van der Waals surface area (Å²) in [6.45, 7) is 3.00. The molecule has 1 aliphatic carbocycles. The van der Waals surface area contributed by atoms with E-state index in [-0.39, 0.29) is 0 Å². The van der Waals surface area contributed by atoms with E-state index in [0.717, 1.165) is 18.3 Å². The fourth-order valence-electron chi connectivity index (χ4n) is 2.09. The molecule has 2 aromatic rings. The van der Waals surface area contributed by atoms with Crippen LogP contribution >= 0.6 is 11.8 Å². The van der Waals surface area contributed by atoms with Crippen LogP contribution in [0.1, 0.15) is 24.1 Å². The summed E-state index contributed by atoms with van der Waals surface area (Å²) < 4.78 is 1.95. The van der Waals surface area contributed by atoms with Gasteiger partial charge in [-0.15, -0.1) is 0 Å². The van der Waals surface area contributed by atoms with Crippen LogP contribution < -0.4 is 5.32 Å². The fourth-order valence-corrected chi connectivity index (χ4v) is 3.13. The first kappa shape index (κ1) is 12.8. The zero-order chi connectivity index (χ0) is 13.2. The number of benzene rings is 1. The third-order valence-corrected chi connectivity index (χ3v) is 4.51. The Morgan fingerprint density at radius 1 is 1.37 bits per heavy atom. The molecule has 1 fully saturated rings. The van der Waals surface area contributed by atoms with E-state index in [1.54, 1.807) is 11.8 Å². The van der Waals surface area contributed by atoms with Crippen molar-refractivity contribution >= 4 is 11.8 Å². The van der Waals surface area contributed by atoms with Gasteiger partial charge < -0.3 is 5.32 Å². The first-order valence-electron chi connectivity index (χ1n) is 6.72. The van der Waals surface area contributed by atoms with Crippen LogP contribution in [0.3, 0.4) is 0 Å². The molecule has 0 atom stereocenters. The number of aryl methyl sites for hydroxylation is 2. The Balaban J connectivity index is 1.77. The lowest BCUT2D eigenvalue weighted by Crippen LogP contribution is -2.15. The summed E-state index contributed by atoms with van der Waals surface area (Å²) in [6, 6.07) is 11.5. The Labute approximate surface area is 118 Å². The molecule has 0 unspecified atom stereocenters. The molecule has 19 heavy (non-hydrogen) atoms. The minimum atomic E-state index is 0.747.